The van der Waals surface area contributed by atoms with Crippen molar-refractivity contribution in [3.8, 4) is 0 Å². The van der Waals surface area contributed by atoms with Crippen LogP contribution < -0.4 is 5.73 Å². The third-order valence-electron chi connectivity index (χ3n) is 2.90. The minimum absolute atomic E-state index is 0.0510. The molecule has 0 heterocycles. The van der Waals surface area contributed by atoms with E-state index in [2.05, 4.69) is 0 Å². The number of rotatable bonds is 3. The van der Waals surface area contributed by atoms with Crippen molar-refractivity contribution in [2.45, 2.75) is 13.3 Å². The van der Waals surface area contributed by atoms with Gasteiger partial charge in [-0.3, -0.25) is 4.79 Å². The number of halogens is 2. The Morgan fingerprint density at radius 3 is 2.11 bits per heavy atom. The van der Waals surface area contributed by atoms with Crippen LogP contribution in [0.25, 0.3) is 0 Å². The van der Waals surface area contributed by atoms with Crippen LogP contribution in [-0.4, -0.2) is 5.78 Å². The van der Waals surface area contributed by atoms with E-state index in [0.29, 0.717) is 27.7 Å². The smallest absolute Gasteiger partial charge is 0.159 e. The molecule has 0 aliphatic carbocycles. The second-order valence-corrected chi connectivity index (χ2v) is 5.21. The molecule has 0 fully saturated rings. The van der Waals surface area contributed by atoms with Crippen LogP contribution in [0.2, 0.25) is 10.0 Å². The predicted octanol–water partition coefficient (Wildman–Crippen LogP) is 4.37. The Labute approximate surface area is 122 Å². The van der Waals surface area contributed by atoms with Crippen LogP contribution >= 0.6 is 23.2 Å². The highest BCUT2D eigenvalue weighted by Crippen LogP contribution is 2.29. The standard InChI is InChI=1S/C15H13Cl2NO/c1-9(19)11-4-2-10(3-5-11)6-13-14(16)7-12(18)8-15(13)17/h2-5,7-8H,6,18H2,1H3. The summed E-state index contributed by atoms with van der Waals surface area (Å²) in [7, 11) is 0. The van der Waals surface area contributed by atoms with Crippen LogP contribution in [0.1, 0.15) is 28.4 Å². The van der Waals surface area contributed by atoms with Crippen molar-refractivity contribution in [1.29, 1.82) is 0 Å². The highest BCUT2D eigenvalue weighted by atomic mass is 35.5. The monoisotopic (exact) mass is 293 g/mol. The lowest BCUT2D eigenvalue weighted by Gasteiger charge is -2.09. The van der Waals surface area contributed by atoms with Crippen LogP contribution in [-0.2, 0) is 6.42 Å². The molecule has 2 aromatic carbocycles. The van der Waals surface area contributed by atoms with E-state index in [9.17, 15) is 4.79 Å². The van der Waals surface area contributed by atoms with E-state index in [-0.39, 0.29) is 5.78 Å². The molecule has 0 aromatic heterocycles. The predicted molar refractivity (Wildman–Crippen MR) is 80.1 cm³/mol. The zero-order chi connectivity index (χ0) is 14.0. The number of carbonyl (C=O) groups is 1. The van der Waals surface area contributed by atoms with Gasteiger partial charge >= 0.3 is 0 Å². The molecule has 2 aromatic rings. The Morgan fingerprint density at radius 2 is 1.63 bits per heavy atom. The van der Waals surface area contributed by atoms with E-state index >= 15 is 0 Å². The maximum atomic E-state index is 11.2. The maximum Gasteiger partial charge on any atom is 0.159 e. The van der Waals surface area contributed by atoms with E-state index in [1.54, 1.807) is 31.2 Å². The fourth-order valence-corrected chi connectivity index (χ4v) is 2.49. The Balaban J connectivity index is 2.29. The van der Waals surface area contributed by atoms with E-state index in [1.165, 1.54) is 0 Å². The minimum Gasteiger partial charge on any atom is -0.399 e. The Morgan fingerprint density at radius 1 is 1.11 bits per heavy atom. The van der Waals surface area contributed by atoms with Crippen molar-refractivity contribution in [2.24, 2.45) is 0 Å². The molecule has 0 amide bonds. The molecular weight excluding hydrogens is 281 g/mol. The van der Waals surface area contributed by atoms with E-state index in [0.717, 1.165) is 11.1 Å². The first-order chi connectivity index (χ1) is 8.97. The Bertz CT molecular complexity index is 598. The number of hydrogen-bond acceptors (Lipinski definition) is 2. The first-order valence-corrected chi connectivity index (χ1v) is 6.56. The Kier molecular flexibility index (Phi) is 4.13. The second-order valence-electron chi connectivity index (χ2n) is 4.39. The molecule has 2 nitrogen and oxygen atoms in total. The lowest BCUT2D eigenvalue weighted by atomic mass is 10.0. The number of carbonyl (C=O) groups excluding carboxylic acids is 1. The molecule has 0 saturated carbocycles. The SMILES string of the molecule is CC(=O)c1ccc(Cc2c(Cl)cc(N)cc2Cl)cc1. The zero-order valence-corrected chi connectivity index (χ0v) is 11.9. The summed E-state index contributed by atoms with van der Waals surface area (Å²) < 4.78 is 0. The lowest BCUT2D eigenvalue weighted by Crippen LogP contribution is -1.96. The molecule has 0 atom stereocenters. The largest absolute Gasteiger partial charge is 0.399 e. The number of Topliss-reactive ketones (excluding diaryl/α,β-unsaturated/α-hetero) is 1. The number of hydrogen-bond donors (Lipinski definition) is 1. The van der Waals surface area contributed by atoms with Gasteiger partial charge in [-0.1, -0.05) is 47.5 Å². The van der Waals surface area contributed by atoms with Crippen molar-refractivity contribution in [1.82, 2.24) is 0 Å². The van der Waals surface area contributed by atoms with Gasteiger partial charge in [0.1, 0.15) is 0 Å². The van der Waals surface area contributed by atoms with Crippen LogP contribution in [0.4, 0.5) is 5.69 Å². The van der Waals surface area contributed by atoms with Crippen molar-refractivity contribution >= 4 is 34.7 Å². The second kappa shape index (κ2) is 5.64. The summed E-state index contributed by atoms with van der Waals surface area (Å²) in [6.45, 7) is 1.54. The third-order valence-corrected chi connectivity index (χ3v) is 3.58. The van der Waals surface area contributed by atoms with Crippen LogP contribution in [0.15, 0.2) is 36.4 Å². The quantitative estimate of drug-likeness (QED) is 0.674. The van der Waals surface area contributed by atoms with Gasteiger partial charge in [0.25, 0.3) is 0 Å². The minimum atomic E-state index is 0.0510. The highest BCUT2D eigenvalue weighted by Gasteiger charge is 2.08. The van der Waals surface area contributed by atoms with Crippen molar-refractivity contribution in [2.75, 3.05) is 5.73 Å². The molecule has 0 aliphatic heterocycles. The molecule has 2 rings (SSSR count). The summed E-state index contributed by atoms with van der Waals surface area (Å²) in [5, 5.41) is 1.11. The topological polar surface area (TPSA) is 43.1 Å². The van der Waals surface area contributed by atoms with Crippen LogP contribution in [0, 0.1) is 0 Å². The highest BCUT2D eigenvalue weighted by molar-refractivity contribution is 6.36. The molecular formula is C15H13Cl2NO. The molecule has 19 heavy (non-hydrogen) atoms. The fraction of sp³-hybridized carbons (Fsp3) is 0.133. The van der Waals surface area contributed by atoms with Gasteiger partial charge in [0.2, 0.25) is 0 Å². The summed E-state index contributed by atoms with van der Waals surface area (Å²) in [4.78, 5) is 11.2. The average Bonchev–Trinajstić information content (AvgIpc) is 2.34. The molecule has 0 saturated heterocycles. The van der Waals surface area contributed by atoms with Crippen LogP contribution in [0.5, 0.6) is 0 Å². The van der Waals surface area contributed by atoms with Gasteiger partial charge in [-0.2, -0.15) is 0 Å². The number of benzene rings is 2. The van der Waals surface area contributed by atoms with Gasteiger partial charge in [0.05, 0.1) is 0 Å². The lowest BCUT2D eigenvalue weighted by molar-refractivity contribution is 0.101. The van der Waals surface area contributed by atoms with Crippen molar-refractivity contribution < 1.29 is 4.79 Å². The number of ketones is 1. The average molecular weight is 294 g/mol. The van der Waals surface area contributed by atoms with Gasteiger partial charge in [-0.05, 0) is 30.2 Å². The first kappa shape index (κ1) is 13.9. The number of nitrogen functional groups attached to an aromatic ring is 1. The molecule has 0 aliphatic rings. The van der Waals surface area contributed by atoms with Gasteiger partial charge in [-0.15, -0.1) is 0 Å². The molecule has 2 N–H and O–H groups in total. The van der Waals surface area contributed by atoms with Gasteiger partial charge < -0.3 is 5.73 Å². The molecule has 0 radical (unpaired) electrons. The van der Waals surface area contributed by atoms with E-state index < -0.39 is 0 Å². The molecule has 98 valence electrons. The molecule has 4 heteroatoms. The summed E-state index contributed by atoms with van der Waals surface area (Å²) >= 11 is 12.3. The third kappa shape index (κ3) is 3.28. The number of nitrogens with two attached hydrogens (primary N) is 1. The zero-order valence-electron chi connectivity index (χ0n) is 10.4. The Hall–Kier alpha value is -1.51. The fourth-order valence-electron chi connectivity index (χ4n) is 1.85. The molecule has 0 spiro atoms. The maximum absolute atomic E-state index is 11.2. The van der Waals surface area contributed by atoms with E-state index in [1.807, 2.05) is 12.1 Å². The van der Waals surface area contributed by atoms with Gasteiger partial charge in [0.15, 0.2) is 5.78 Å². The summed E-state index contributed by atoms with van der Waals surface area (Å²) in [6, 6.07) is 10.8. The van der Waals surface area contributed by atoms with Crippen molar-refractivity contribution in [3.05, 3.63) is 63.1 Å². The van der Waals surface area contributed by atoms with Crippen LogP contribution in [0.3, 0.4) is 0 Å². The first-order valence-electron chi connectivity index (χ1n) is 5.80. The molecule has 0 bridgehead atoms. The summed E-state index contributed by atoms with van der Waals surface area (Å²) in [6.07, 6.45) is 0.607. The van der Waals surface area contributed by atoms with Gasteiger partial charge in [-0.25, -0.2) is 0 Å². The van der Waals surface area contributed by atoms with Crippen molar-refractivity contribution in [3.63, 3.8) is 0 Å². The van der Waals surface area contributed by atoms with E-state index in [4.69, 9.17) is 28.9 Å². The normalized spacial score (nSPS) is 10.5. The van der Waals surface area contributed by atoms with Gasteiger partial charge in [0, 0.05) is 27.7 Å². The summed E-state index contributed by atoms with van der Waals surface area (Å²) in [5.41, 5.74) is 8.79. The molecule has 0 unspecified atom stereocenters. The summed E-state index contributed by atoms with van der Waals surface area (Å²) in [5.74, 6) is 0.0510. The number of anilines is 1.